The first kappa shape index (κ1) is 13.7. The van der Waals surface area contributed by atoms with E-state index in [1.807, 2.05) is 13.8 Å². The molecule has 0 amide bonds. The Kier molecular flexibility index (Phi) is 6.27. The topological polar surface area (TPSA) is 82.3 Å². The van der Waals surface area contributed by atoms with E-state index in [2.05, 4.69) is 15.3 Å². The molecule has 1 aromatic rings. The van der Waals surface area contributed by atoms with E-state index >= 15 is 0 Å². The molecule has 3 N–H and O–H groups in total. The van der Waals surface area contributed by atoms with Crippen molar-refractivity contribution in [2.24, 2.45) is 5.73 Å². The Hall–Kier alpha value is -1.40. The predicted octanol–water partition coefficient (Wildman–Crippen LogP) is 0.651. The van der Waals surface area contributed by atoms with Crippen LogP contribution in [0.25, 0.3) is 0 Å². The van der Waals surface area contributed by atoms with Gasteiger partial charge in [-0.15, -0.1) is 0 Å². The van der Waals surface area contributed by atoms with Crippen molar-refractivity contribution >= 4 is 5.82 Å². The molecule has 0 saturated carbocycles. The van der Waals surface area contributed by atoms with E-state index in [1.54, 1.807) is 6.07 Å². The summed E-state index contributed by atoms with van der Waals surface area (Å²) in [6.07, 6.45) is 1.58. The fraction of sp³-hybridized carbons (Fsp3) is 0.636. The van der Waals surface area contributed by atoms with Crippen molar-refractivity contribution in [3.63, 3.8) is 0 Å². The van der Waals surface area contributed by atoms with Gasteiger partial charge >= 0.3 is 0 Å². The van der Waals surface area contributed by atoms with E-state index < -0.39 is 0 Å². The van der Waals surface area contributed by atoms with Crippen LogP contribution in [0.5, 0.6) is 5.88 Å². The normalized spacial score (nSPS) is 10.6. The van der Waals surface area contributed by atoms with E-state index in [1.165, 1.54) is 6.33 Å². The second-order valence-corrected chi connectivity index (χ2v) is 3.74. The maximum atomic E-state index is 5.46. The fourth-order valence-electron chi connectivity index (χ4n) is 1.18. The van der Waals surface area contributed by atoms with E-state index in [4.69, 9.17) is 15.2 Å². The van der Waals surface area contributed by atoms with Crippen LogP contribution >= 0.6 is 0 Å². The second-order valence-electron chi connectivity index (χ2n) is 3.74. The van der Waals surface area contributed by atoms with Gasteiger partial charge in [0.05, 0.1) is 19.3 Å². The molecular weight excluding hydrogens is 220 g/mol. The first-order chi connectivity index (χ1) is 8.22. The number of aromatic nitrogens is 2. The molecule has 1 rings (SSSR count). The summed E-state index contributed by atoms with van der Waals surface area (Å²) in [5.41, 5.74) is 5.31. The summed E-state index contributed by atoms with van der Waals surface area (Å²) >= 11 is 0. The van der Waals surface area contributed by atoms with Crippen LogP contribution in [0.3, 0.4) is 0 Å². The molecule has 6 nitrogen and oxygen atoms in total. The third-order valence-electron chi connectivity index (χ3n) is 1.81. The van der Waals surface area contributed by atoms with Crippen molar-refractivity contribution in [2.45, 2.75) is 20.0 Å². The minimum absolute atomic E-state index is 0.102. The maximum Gasteiger partial charge on any atom is 0.218 e. The number of nitrogens with zero attached hydrogens (tertiary/aromatic N) is 2. The lowest BCUT2D eigenvalue weighted by Gasteiger charge is -2.10. The summed E-state index contributed by atoms with van der Waals surface area (Å²) in [5, 5.41) is 3.12. The number of hydrogen-bond donors (Lipinski definition) is 2. The van der Waals surface area contributed by atoms with E-state index in [0.29, 0.717) is 32.2 Å². The van der Waals surface area contributed by atoms with Gasteiger partial charge in [-0.05, 0) is 13.8 Å². The predicted molar refractivity (Wildman–Crippen MR) is 66.2 cm³/mol. The van der Waals surface area contributed by atoms with E-state index in [0.717, 1.165) is 5.82 Å². The molecule has 0 atom stereocenters. The molecule has 0 spiro atoms. The first-order valence-electron chi connectivity index (χ1n) is 5.72. The van der Waals surface area contributed by atoms with Gasteiger partial charge in [-0.3, -0.25) is 0 Å². The van der Waals surface area contributed by atoms with Crippen LogP contribution in [0.15, 0.2) is 12.4 Å². The molecular formula is C11H20N4O2. The standard InChI is InChI=1S/C11H20N4O2/c1-9(2)17-11-7-10(14-8-15-11)13-4-6-16-5-3-12/h7-9H,3-6,12H2,1-2H3,(H,13,14,15). The quantitative estimate of drug-likeness (QED) is 0.649. The van der Waals surface area contributed by atoms with E-state index in [9.17, 15) is 0 Å². The number of ether oxygens (including phenoxy) is 2. The fourth-order valence-corrected chi connectivity index (χ4v) is 1.18. The molecule has 6 heteroatoms. The molecule has 0 aromatic carbocycles. The van der Waals surface area contributed by atoms with Crippen LogP contribution in [0.4, 0.5) is 5.82 Å². The van der Waals surface area contributed by atoms with Crippen molar-refractivity contribution in [1.29, 1.82) is 0 Å². The Morgan fingerprint density at radius 3 is 2.88 bits per heavy atom. The molecule has 96 valence electrons. The van der Waals surface area contributed by atoms with Crippen LogP contribution < -0.4 is 15.8 Å². The van der Waals surface area contributed by atoms with Crippen LogP contribution in [-0.4, -0.2) is 42.4 Å². The Bertz CT molecular complexity index is 320. The van der Waals surface area contributed by atoms with Crippen LogP contribution in [0.1, 0.15) is 13.8 Å². The Morgan fingerprint density at radius 1 is 1.35 bits per heavy atom. The number of nitrogens with one attached hydrogen (secondary N) is 1. The largest absolute Gasteiger partial charge is 0.475 e. The SMILES string of the molecule is CC(C)Oc1cc(NCCOCCN)ncn1. The number of anilines is 1. The Balaban J connectivity index is 2.32. The Morgan fingerprint density at radius 2 is 2.18 bits per heavy atom. The lowest BCUT2D eigenvalue weighted by Crippen LogP contribution is -2.15. The summed E-state index contributed by atoms with van der Waals surface area (Å²) in [5.74, 6) is 1.30. The average Bonchev–Trinajstić information content (AvgIpc) is 2.28. The van der Waals surface area contributed by atoms with Crippen LogP contribution in [-0.2, 0) is 4.74 Å². The van der Waals surface area contributed by atoms with Gasteiger partial charge in [0.2, 0.25) is 5.88 Å². The van der Waals surface area contributed by atoms with Gasteiger partial charge in [-0.25, -0.2) is 9.97 Å². The zero-order chi connectivity index (χ0) is 12.5. The zero-order valence-electron chi connectivity index (χ0n) is 10.3. The Labute approximate surface area is 102 Å². The highest BCUT2D eigenvalue weighted by molar-refractivity contribution is 5.36. The molecule has 1 heterocycles. The van der Waals surface area contributed by atoms with Gasteiger partial charge in [0, 0.05) is 19.2 Å². The molecule has 0 aliphatic carbocycles. The van der Waals surface area contributed by atoms with Gasteiger partial charge in [-0.1, -0.05) is 0 Å². The van der Waals surface area contributed by atoms with Crippen molar-refractivity contribution in [3.8, 4) is 5.88 Å². The van der Waals surface area contributed by atoms with Crippen molar-refractivity contribution in [2.75, 3.05) is 31.6 Å². The molecule has 0 unspecified atom stereocenters. The zero-order valence-corrected chi connectivity index (χ0v) is 10.3. The van der Waals surface area contributed by atoms with Gasteiger partial charge in [0.1, 0.15) is 12.1 Å². The second kappa shape index (κ2) is 7.81. The average molecular weight is 240 g/mol. The van der Waals surface area contributed by atoms with Crippen LogP contribution in [0, 0.1) is 0 Å². The molecule has 0 radical (unpaired) electrons. The molecule has 17 heavy (non-hydrogen) atoms. The summed E-state index contributed by atoms with van der Waals surface area (Å²) in [4.78, 5) is 8.10. The highest BCUT2D eigenvalue weighted by Crippen LogP contribution is 2.11. The third-order valence-corrected chi connectivity index (χ3v) is 1.81. The van der Waals surface area contributed by atoms with E-state index in [-0.39, 0.29) is 6.10 Å². The number of hydrogen-bond acceptors (Lipinski definition) is 6. The number of nitrogens with two attached hydrogens (primary N) is 1. The van der Waals surface area contributed by atoms with Crippen molar-refractivity contribution in [3.05, 3.63) is 12.4 Å². The molecule has 0 aliphatic rings. The lowest BCUT2D eigenvalue weighted by atomic mass is 10.4. The monoisotopic (exact) mass is 240 g/mol. The number of rotatable bonds is 8. The highest BCUT2D eigenvalue weighted by Gasteiger charge is 2.01. The van der Waals surface area contributed by atoms with Gasteiger partial charge in [-0.2, -0.15) is 0 Å². The van der Waals surface area contributed by atoms with Gasteiger partial charge < -0.3 is 20.5 Å². The summed E-state index contributed by atoms with van der Waals surface area (Å²) < 4.78 is 10.7. The minimum atomic E-state index is 0.102. The molecule has 1 aromatic heterocycles. The van der Waals surface area contributed by atoms with Gasteiger partial charge in [0.15, 0.2) is 0 Å². The third kappa shape index (κ3) is 6.03. The molecule has 0 bridgehead atoms. The molecule has 0 fully saturated rings. The maximum absolute atomic E-state index is 5.46. The smallest absolute Gasteiger partial charge is 0.218 e. The molecule has 0 saturated heterocycles. The highest BCUT2D eigenvalue weighted by atomic mass is 16.5. The van der Waals surface area contributed by atoms with Crippen molar-refractivity contribution < 1.29 is 9.47 Å². The molecule has 0 aliphatic heterocycles. The van der Waals surface area contributed by atoms with Crippen LogP contribution in [0.2, 0.25) is 0 Å². The van der Waals surface area contributed by atoms with Gasteiger partial charge in [0.25, 0.3) is 0 Å². The van der Waals surface area contributed by atoms with Crippen molar-refractivity contribution in [1.82, 2.24) is 9.97 Å². The lowest BCUT2D eigenvalue weighted by molar-refractivity contribution is 0.151. The summed E-state index contributed by atoms with van der Waals surface area (Å²) in [6, 6.07) is 1.77. The summed E-state index contributed by atoms with van der Waals surface area (Å²) in [7, 11) is 0. The minimum Gasteiger partial charge on any atom is -0.475 e. The first-order valence-corrected chi connectivity index (χ1v) is 5.72. The summed E-state index contributed by atoms with van der Waals surface area (Å²) in [6.45, 7) is 6.30.